The molecule has 1 N–H and O–H groups in total. The molecule has 8 atom stereocenters. The normalized spacial score (nSPS) is 48.9. The lowest BCUT2D eigenvalue weighted by molar-refractivity contribution is -0.162. The number of esters is 1. The maximum atomic E-state index is 11.6. The molecule has 27 heavy (non-hydrogen) atoms. The Balaban J connectivity index is 1.51. The number of fused-ring (bicyclic) bond motifs is 5. The van der Waals surface area contributed by atoms with Crippen molar-refractivity contribution >= 4 is 11.9 Å². The van der Waals surface area contributed by atoms with Crippen LogP contribution in [0.3, 0.4) is 0 Å². The molecular formula is C23H36O4. The van der Waals surface area contributed by atoms with E-state index in [1.54, 1.807) is 6.92 Å². The van der Waals surface area contributed by atoms with Crippen LogP contribution in [0.15, 0.2) is 0 Å². The number of carbonyl (C=O) groups is 2. The van der Waals surface area contributed by atoms with Gasteiger partial charge in [-0.05, 0) is 92.8 Å². The van der Waals surface area contributed by atoms with E-state index in [0.29, 0.717) is 29.6 Å². The highest BCUT2D eigenvalue weighted by Gasteiger charge is 2.61. The molecule has 4 aliphatic rings. The van der Waals surface area contributed by atoms with Crippen LogP contribution < -0.4 is 0 Å². The van der Waals surface area contributed by atoms with Crippen LogP contribution in [-0.4, -0.2) is 23.1 Å². The van der Waals surface area contributed by atoms with Gasteiger partial charge in [0.25, 0.3) is 0 Å². The summed E-state index contributed by atoms with van der Waals surface area (Å²) in [5, 5.41) is 9.20. The van der Waals surface area contributed by atoms with Gasteiger partial charge >= 0.3 is 11.9 Å². The molecule has 4 nitrogen and oxygen atoms in total. The minimum absolute atomic E-state index is 0.109. The molecule has 0 amide bonds. The molecule has 4 saturated carbocycles. The molecule has 0 saturated heterocycles. The summed E-state index contributed by atoms with van der Waals surface area (Å²) < 4.78 is 5.75. The Bertz CT molecular complexity index is 615. The van der Waals surface area contributed by atoms with Crippen LogP contribution in [0.2, 0.25) is 0 Å². The van der Waals surface area contributed by atoms with Crippen molar-refractivity contribution in [1.82, 2.24) is 0 Å². The molecule has 0 spiro atoms. The highest BCUT2D eigenvalue weighted by atomic mass is 16.5. The fourth-order valence-electron chi connectivity index (χ4n) is 8.13. The maximum absolute atomic E-state index is 11.6. The van der Waals surface area contributed by atoms with Crippen LogP contribution in [0.25, 0.3) is 0 Å². The third-order valence-corrected chi connectivity index (χ3v) is 9.46. The Kier molecular flexibility index (Phi) is 4.83. The first kappa shape index (κ1) is 19.3. The van der Waals surface area contributed by atoms with E-state index in [2.05, 4.69) is 13.8 Å². The van der Waals surface area contributed by atoms with Crippen LogP contribution in [0.5, 0.6) is 0 Å². The number of hydrogen-bond acceptors (Lipinski definition) is 3. The Morgan fingerprint density at radius 2 is 1.67 bits per heavy atom. The largest absolute Gasteiger partial charge is 0.481 e. The van der Waals surface area contributed by atoms with Crippen molar-refractivity contribution in [2.24, 2.45) is 40.4 Å². The van der Waals surface area contributed by atoms with Gasteiger partial charge in [0.05, 0.1) is 0 Å². The first-order valence-corrected chi connectivity index (χ1v) is 11.1. The predicted octanol–water partition coefficient (Wildman–Crippen LogP) is 5.05. The Morgan fingerprint density at radius 3 is 2.37 bits per heavy atom. The lowest BCUT2D eigenvalue weighted by Crippen LogP contribution is -2.54. The minimum atomic E-state index is -0.631. The van der Waals surface area contributed by atoms with Crippen LogP contribution in [0.4, 0.5) is 0 Å². The molecule has 0 aromatic heterocycles. The van der Waals surface area contributed by atoms with Crippen molar-refractivity contribution in [3.05, 3.63) is 0 Å². The number of rotatable bonds is 3. The summed E-state index contributed by atoms with van der Waals surface area (Å²) in [4.78, 5) is 22.7. The molecule has 0 aromatic carbocycles. The summed E-state index contributed by atoms with van der Waals surface area (Å²) in [6.07, 6.45) is 11.1. The van der Waals surface area contributed by atoms with Gasteiger partial charge in [0.15, 0.2) is 0 Å². The van der Waals surface area contributed by atoms with Gasteiger partial charge in [-0.3, -0.25) is 9.59 Å². The van der Waals surface area contributed by atoms with Crippen LogP contribution in [0, 0.1) is 40.4 Å². The smallest absolute Gasteiger partial charge is 0.303 e. The van der Waals surface area contributed by atoms with Crippen molar-refractivity contribution < 1.29 is 19.4 Å². The minimum Gasteiger partial charge on any atom is -0.481 e. The molecule has 152 valence electrons. The van der Waals surface area contributed by atoms with Gasteiger partial charge in [-0.25, -0.2) is 0 Å². The van der Waals surface area contributed by atoms with E-state index in [9.17, 15) is 14.7 Å². The van der Waals surface area contributed by atoms with Gasteiger partial charge in [0, 0.05) is 18.8 Å². The predicted molar refractivity (Wildman–Crippen MR) is 103 cm³/mol. The molecule has 0 unspecified atom stereocenters. The van der Waals surface area contributed by atoms with E-state index in [4.69, 9.17) is 4.74 Å². The van der Waals surface area contributed by atoms with E-state index in [1.807, 2.05) is 0 Å². The number of carboxylic acids is 1. The Labute approximate surface area is 163 Å². The van der Waals surface area contributed by atoms with E-state index in [-0.39, 0.29) is 17.5 Å². The van der Waals surface area contributed by atoms with E-state index in [1.165, 1.54) is 38.5 Å². The zero-order valence-electron chi connectivity index (χ0n) is 17.2. The molecule has 0 bridgehead atoms. The summed E-state index contributed by atoms with van der Waals surface area (Å²) in [5.41, 5.74) is 0.551. The summed E-state index contributed by atoms with van der Waals surface area (Å²) in [6.45, 7) is 6.45. The molecule has 4 fully saturated rings. The fourth-order valence-corrected chi connectivity index (χ4v) is 8.13. The third-order valence-electron chi connectivity index (χ3n) is 9.46. The molecule has 4 heteroatoms. The fraction of sp³-hybridized carbons (Fsp3) is 0.913. The lowest BCUT2D eigenvalue weighted by Gasteiger charge is -2.61. The Hall–Kier alpha value is -1.06. The van der Waals surface area contributed by atoms with E-state index >= 15 is 0 Å². The first-order chi connectivity index (χ1) is 12.7. The van der Waals surface area contributed by atoms with Crippen LogP contribution in [0.1, 0.15) is 85.0 Å². The first-order valence-electron chi connectivity index (χ1n) is 11.1. The van der Waals surface area contributed by atoms with Gasteiger partial charge in [0.2, 0.25) is 0 Å². The standard InChI is InChI=1S/C23H36O4/c1-14(24)27-20-7-6-18-17-5-4-16-12-15(13-21(25)26)8-10-22(16,2)19(17)9-11-23(18,20)3/h15-20H,4-13H2,1-3H3,(H,25,26)/t15-,16-,17+,18-,19-,20-,22-,23-/m0/s1. The lowest BCUT2D eigenvalue weighted by atomic mass is 9.44. The molecule has 0 aromatic rings. The molecule has 0 radical (unpaired) electrons. The Morgan fingerprint density at radius 1 is 0.963 bits per heavy atom. The summed E-state index contributed by atoms with van der Waals surface area (Å²) in [6, 6.07) is 0. The number of carboxylic acid groups (broad SMARTS) is 1. The molecular weight excluding hydrogens is 340 g/mol. The quantitative estimate of drug-likeness (QED) is 0.700. The monoisotopic (exact) mass is 376 g/mol. The summed E-state index contributed by atoms with van der Waals surface area (Å²) in [7, 11) is 0. The average Bonchev–Trinajstić information content (AvgIpc) is 2.91. The SMILES string of the molecule is CC(=O)O[C@H]1CC[C@H]2[C@H]3CC[C@H]4C[C@@H](CC(=O)O)CC[C@]4(C)[C@H]3CC[C@]12C. The average molecular weight is 377 g/mol. The van der Waals surface area contributed by atoms with Crippen molar-refractivity contribution in [3.8, 4) is 0 Å². The number of aliphatic carboxylic acids is 1. The highest BCUT2D eigenvalue weighted by molar-refractivity contribution is 5.67. The molecule has 4 rings (SSSR count). The van der Waals surface area contributed by atoms with E-state index in [0.717, 1.165) is 31.1 Å². The number of hydrogen-bond donors (Lipinski definition) is 1. The van der Waals surface area contributed by atoms with Gasteiger partial charge < -0.3 is 9.84 Å². The van der Waals surface area contributed by atoms with Crippen molar-refractivity contribution in [3.63, 3.8) is 0 Å². The second-order valence-electron chi connectivity index (χ2n) is 10.6. The summed E-state index contributed by atoms with van der Waals surface area (Å²) in [5.74, 6) is 2.55. The summed E-state index contributed by atoms with van der Waals surface area (Å²) >= 11 is 0. The second kappa shape index (κ2) is 6.77. The highest BCUT2D eigenvalue weighted by Crippen LogP contribution is 2.67. The van der Waals surface area contributed by atoms with Gasteiger partial charge in [0.1, 0.15) is 6.10 Å². The van der Waals surface area contributed by atoms with Crippen molar-refractivity contribution in [2.45, 2.75) is 91.1 Å². The second-order valence-corrected chi connectivity index (χ2v) is 10.6. The maximum Gasteiger partial charge on any atom is 0.303 e. The van der Waals surface area contributed by atoms with E-state index < -0.39 is 5.97 Å². The molecule has 4 aliphatic carbocycles. The zero-order valence-corrected chi connectivity index (χ0v) is 17.2. The van der Waals surface area contributed by atoms with Crippen LogP contribution in [-0.2, 0) is 14.3 Å². The molecule has 0 heterocycles. The molecule has 0 aliphatic heterocycles. The van der Waals surface area contributed by atoms with Crippen molar-refractivity contribution in [2.75, 3.05) is 0 Å². The zero-order chi connectivity index (χ0) is 19.4. The number of ether oxygens (including phenoxy) is 1. The van der Waals surface area contributed by atoms with Crippen LogP contribution >= 0.6 is 0 Å². The van der Waals surface area contributed by atoms with Gasteiger partial charge in [-0.1, -0.05) is 13.8 Å². The van der Waals surface area contributed by atoms with Crippen molar-refractivity contribution in [1.29, 1.82) is 0 Å². The topological polar surface area (TPSA) is 63.6 Å². The number of carbonyl (C=O) groups excluding carboxylic acids is 1. The third kappa shape index (κ3) is 3.11. The van der Waals surface area contributed by atoms with Gasteiger partial charge in [-0.2, -0.15) is 0 Å². The van der Waals surface area contributed by atoms with Gasteiger partial charge in [-0.15, -0.1) is 0 Å².